The Hall–Kier alpha value is -1.47. The van der Waals surface area contributed by atoms with E-state index in [2.05, 4.69) is 5.32 Å². The molecule has 0 saturated carbocycles. The van der Waals surface area contributed by atoms with Crippen LogP contribution in [-0.2, 0) is 4.79 Å². The molecule has 1 atom stereocenters. The molecule has 2 amide bonds. The third-order valence-corrected chi connectivity index (χ3v) is 2.38. The van der Waals surface area contributed by atoms with Gasteiger partial charge in [0.25, 0.3) is 0 Å². The molecule has 0 aromatic rings. The van der Waals surface area contributed by atoms with E-state index in [1.165, 1.54) is 6.92 Å². The van der Waals surface area contributed by atoms with Gasteiger partial charge in [0.05, 0.1) is 5.92 Å². The maximum absolute atomic E-state index is 12.1. The van der Waals surface area contributed by atoms with Crippen molar-refractivity contribution in [1.29, 1.82) is 0 Å². The maximum atomic E-state index is 12.1. The molecule has 1 unspecified atom stereocenters. The molecule has 0 bridgehead atoms. The van der Waals surface area contributed by atoms with E-state index in [-0.39, 0.29) is 13.1 Å². The summed E-state index contributed by atoms with van der Waals surface area (Å²) in [5.41, 5.74) is 0. The van der Waals surface area contributed by atoms with Crippen molar-refractivity contribution in [1.82, 2.24) is 10.2 Å². The predicted molar refractivity (Wildman–Crippen MR) is 58.1 cm³/mol. The Labute approximate surface area is 103 Å². The van der Waals surface area contributed by atoms with Gasteiger partial charge in [0.2, 0.25) is 0 Å². The summed E-state index contributed by atoms with van der Waals surface area (Å²) in [7, 11) is 0. The monoisotopic (exact) mass is 270 g/mol. The minimum atomic E-state index is -4.47. The van der Waals surface area contributed by atoms with Crippen LogP contribution in [0, 0.1) is 5.92 Å². The van der Waals surface area contributed by atoms with Gasteiger partial charge in [-0.1, -0.05) is 6.92 Å². The van der Waals surface area contributed by atoms with E-state index in [0.29, 0.717) is 11.3 Å². The molecule has 0 rings (SSSR count). The summed E-state index contributed by atoms with van der Waals surface area (Å²) in [4.78, 5) is 22.7. The van der Waals surface area contributed by atoms with Gasteiger partial charge in [-0.3, -0.25) is 4.79 Å². The second-order valence-electron chi connectivity index (χ2n) is 3.76. The number of carboxylic acid groups (broad SMARTS) is 1. The first-order valence-corrected chi connectivity index (χ1v) is 5.53. The van der Waals surface area contributed by atoms with E-state index in [1.54, 1.807) is 6.92 Å². The first kappa shape index (κ1) is 16.5. The highest BCUT2D eigenvalue weighted by atomic mass is 19.4. The van der Waals surface area contributed by atoms with E-state index >= 15 is 0 Å². The second kappa shape index (κ2) is 7.07. The number of aliphatic carboxylic acids is 1. The van der Waals surface area contributed by atoms with Gasteiger partial charge in [0, 0.05) is 13.1 Å². The molecule has 106 valence electrons. The summed E-state index contributed by atoms with van der Waals surface area (Å²) < 4.78 is 36.4. The number of carbonyl (C=O) groups is 2. The molecule has 2 N–H and O–H groups in total. The smallest absolute Gasteiger partial charge is 0.406 e. The normalized spacial score (nSPS) is 12.9. The Morgan fingerprint density at radius 2 is 1.89 bits per heavy atom. The molecular weight excluding hydrogens is 253 g/mol. The van der Waals surface area contributed by atoms with Crippen molar-refractivity contribution in [2.24, 2.45) is 5.92 Å². The molecule has 0 heterocycles. The van der Waals surface area contributed by atoms with Crippen molar-refractivity contribution in [2.75, 3.05) is 19.6 Å². The van der Waals surface area contributed by atoms with Crippen molar-refractivity contribution >= 4 is 12.0 Å². The maximum Gasteiger partial charge on any atom is 0.406 e. The van der Waals surface area contributed by atoms with Gasteiger partial charge in [-0.15, -0.1) is 0 Å². The number of alkyl halides is 3. The Morgan fingerprint density at radius 3 is 2.22 bits per heavy atom. The first-order valence-electron chi connectivity index (χ1n) is 5.53. The number of urea groups is 1. The lowest BCUT2D eigenvalue weighted by Crippen LogP contribution is -2.46. The topological polar surface area (TPSA) is 69.6 Å². The lowest BCUT2D eigenvalue weighted by molar-refractivity contribution is -0.142. The lowest BCUT2D eigenvalue weighted by atomic mass is 10.1. The van der Waals surface area contributed by atoms with Gasteiger partial charge in [-0.05, 0) is 13.3 Å². The molecule has 0 spiro atoms. The molecule has 0 aliphatic carbocycles. The number of nitrogens with one attached hydrogen (secondary N) is 1. The number of hydrogen-bond acceptors (Lipinski definition) is 2. The average Bonchev–Trinajstić information content (AvgIpc) is 2.24. The largest absolute Gasteiger partial charge is 0.481 e. The standard InChI is InChI=1S/C10H17F3N2O3/c1-3-7(8(16)17)5-14-9(18)15(4-2)6-10(11,12)13/h7H,3-6H2,1-2H3,(H,14,18)(H,16,17). The molecule has 0 aromatic heterocycles. The van der Waals surface area contributed by atoms with E-state index < -0.39 is 30.6 Å². The highest BCUT2D eigenvalue weighted by molar-refractivity contribution is 5.76. The summed E-state index contributed by atoms with van der Waals surface area (Å²) in [6.07, 6.45) is -4.18. The number of amides is 2. The SMILES string of the molecule is CCC(CNC(=O)N(CC)CC(F)(F)F)C(=O)O. The van der Waals surface area contributed by atoms with Crippen molar-refractivity contribution in [3.05, 3.63) is 0 Å². The van der Waals surface area contributed by atoms with Crippen LogP contribution >= 0.6 is 0 Å². The Kier molecular flexibility index (Phi) is 6.50. The van der Waals surface area contributed by atoms with Crippen LogP contribution in [0.2, 0.25) is 0 Å². The molecule has 0 radical (unpaired) electrons. The van der Waals surface area contributed by atoms with Crippen LogP contribution in [0.5, 0.6) is 0 Å². The minimum absolute atomic E-state index is 0.102. The van der Waals surface area contributed by atoms with Crippen molar-refractivity contribution in [2.45, 2.75) is 26.4 Å². The number of rotatable bonds is 6. The predicted octanol–water partition coefficient (Wildman–Crippen LogP) is 1.69. The summed E-state index contributed by atoms with van der Waals surface area (Å²) in [5, 5.41) is 10.9. The number of carboxylic acids is 1. The minimum Gasteiger partial charge on any atom is -0.481 e. The van der Waals surface area contributed by atoms with Crippen LogP contribution in [0.4, 0.5) is 18.0 Å². The summed E-state index contributed by atoms with van der Waals surface area (Å²) in [6, 6.07) is -0.908. The molecule has 0 saturated heterocycles. The highest BCUT2D eigenvalue weighted by Crippen LogP contribution is 2.16. The van der Waals surface area contributed by atoms with Gasteiger partial charge < -0.3 is 15.3 Å². The summed E-state index contributed by atoms with van der Waals surface area (Å²) in [6.45, 7) is 1.41. The third-order valence-electron chi connectivity index (χ3n) is 2.38. The molecule has 8 heteroatoms. The fourth-order valence-corrected chi connectivity index (χ4v) is 1.27. The number of nitrogens with zero attached hydrogens (tertiary/aromatic N) is 1. The average molecular weight is 270 g/mol. The zero-order valence-electron chi connectivity index (χ0n) is 10.3. The van der Waals surface area contributed by atoms with Crippen molar-refractivity contribution < 1.29 is 27.9 Å². The zero-order valence-corrected chi connectivity index (χ0v) is 10.3. The quantitative estimate of drug-likeness (QED) is 0.771. The fraction of sp³-hybridized carbons (Fsp3) is 0.800. The third kappa shape index (κ3) is 6.31. The highest BCUT2D eigenvalue weighted by Gasteiger charge is 2.32. The Morgan fingerprint density at radius 1 is 1.33 bits per heavy atom. The van der Waals surface area contributed by atoms with Crippen LogP contribution in [0.15, 0.2) is 0 Å². The van der Waals surface area contributed by atoms with E-state index in [4.69, 9.17) is 5.11 Å². The van der Waals surface area contributed by atoms with E-state index in [1.807, 2.05) is 0 Å². The molecule has 0 fully saturated rings. The summed E-state index contributed by atoms with van der Waals surface area (Å²) in [5.74, 6) is -1.88. The van der Waals surface area contributed by atoms with Crippen LogP contribution in [0.3, 0.4) is 0 Å². The number of carbonyl (C=O) groups excluding carboxylic acids is 1. The van der Waals surface area contributed by atoms with Gasteiger partial charge in [-0.25, -0.2) is 4.79 Å². The van der Waals surface area contributed by atoms with Gasteiger partial charge in [0.1, 0.15) is 6.54 Å². The molecular formula is C10H17F3N2O3. The number of hydrogen-bond donors (Lipinski definition) is 2. The lowest BCUT2D eigenvalue weighted by Gasteiger charge is -2.23. The van der Waals surface area contributed by atoms with Crippen LogP contribution < -0.4 is 5.32 Å². The van der Waals surface area contributed by atoms with E-state index in [9.17, 15) is 22.8 Å². The molecule has 18 heavy (non-hydrogen) atoms. The van der Waals surface area contributed by atoms with Gasteiger partial charge in [0.15, 0.2) is 0 Å². The second-order valence-corrected chi connectivity index (χ2v) is 3.76. The first-order chi connectivity index (χ1) is 8.21. The van der Waals surface area contributed by atoms with Crippen LogP contribution in [-0.4, -0.2) is 47.8 Å². The fourth-order valence-electron chi connectivity index (χ4n) is 1.27. The van der Waals surface area contributed by atoms with E-state index in [0.717, 1.165) is 0 Å². The van der Waals surface area contributed by atoms with Gasteiger partial charge in [-0.2, -0.15) is 13.2 Å². The molecule has 0 aliphatic rings. The van der Waals surface area contributed by atoms with Crippen molar-refractivity contribution in [3.63, 3.8) is 0 Å². The summed E-state index contributed by atoms with van der Waals surface area (Å²) >= 11 is 0. The molecule has 5 nitrogen and oxygen atoms in total. The van der Waals surface area contributed by atoms with Gasteiger partial charge >= 0.3 is 18.2 Å². The Bertz CT molecular complexity index is 295. The van der Waals surface area contributed by atoms with Crippen LogP contribution in [0.25, 0.3) is 0 Å². The zero-order chi connectivity index (χ0) is 14.3. The van der Waals surface area contributed by atoms with Crippen LogP contribution in [0.1, 0.15) is 20.3 Å². The Balaban J connectivity index is 4.32. The molecule has 0 aromatic carbocycles. The number of halogens is 3. The molecule has 0 aliphatic heterocycles. The van der Waals surface area contributed by atoms with Crippen molar-refractivity contribution in [3.8, 4) is 0 Å².